The van der Waals surface area contributed by atoms with E-state index in [-0.39, 0.29) is 24.3 Å². The van der Waals surface area contributed by atoms with E-state index in [0.717, 1.165) is 17.5 Å². The molecule has 7 heteroatoms. The van der Waals surface area contributed by atoms with E-state index in [1.165, 1.54) is 4.90 Å². The molecular weight excluding hydrogens is 466 g/mol. The van der Waals surface area contributed by atoms with Crippen LogP contribution in [0.4, 0.5) is 4.79 Å². The Hall–Kier alpha value is -3.61. The summed E-state index contributed by atoms with van der Waals surface area (Å²) in [6.07, 6.45) is 1.76. The van der Waals surface area contributed by atoms with E-state index in [9.17, 15) is 14.4 Å². The first-order valence-corrected chi connectivity index (χ1v) is 12.8. The highest BCUT2D eigenvalue weighted by molar-refractivity contribution is 5.92. The number of hydrogen-bond donors (Lipinski definition) is 2. The van der Waals surface area contributed by atoms with Crippen molar-refractivity contribution in [3.63, 3.8) is 0 Å². The van der Waals surface area contributed by atoms with Crippen LogP contribution in [0.5, 0.6) is 0 Å². The summed E-state index contributed by atoms with van der Waals surface area (Å²) in [4.78, 5) is 41.6. The van der Waals surface area contributed by atoms with E-state index in [0.29, 0.717) is 12.1 Å². The Morgan fingerprint density at radius 2 is 1.62 bits per heavy atom. The summed E-state index contributed by atoms with van der Waals surface area (Å²) in [6, 6.07) is 15.5. The fourth-order valence-electron chi connectivity index (χ4n) is 3.88. The molecule has 2 atom stereocenters. The molecule has 37 heavy (non-hydrogen) atoms. The Labute approximate surface area is 221 Å². The average Bonchev–Trinajstić information content (AvgIpc) is 2.85. The summed E-state index contributed by atoms with van der Waals surface area (Å²) in [6.45, 7) is 15.3. The van der Waals surface area contributed by atoms with Gasteiger partial charge in [-0.1, -0.05) is 81.4 Å². The Balaban J connectivity index is 2.42. The predicted octanol–water partition coefficient (Wildman–Crippen LogP) is 5.17. The highest BCUT2D eigenvalue weighted by atomic mass is 16.6. The number of nitrogens with zero attached hydrogens (tertiary/aromatic N) is 1. The van der Waals surface area contributed by atoms with E-state index in [2.05, 4.69) is 24.1 Å². The van der Waals surface area contributed by atoms with Crippen LogP contribution < -0.4 is 10.6 Å². The van der Waals surface area contributed by atoms with E-state index < -0.39 is 23.8 Å². The molecule has 0 aromatic heterocycles. The van der Waals surface area contributed by atoms with Crippen LogP contribution in [0.3, 0.4) is 0 Å². The highest BCUT2D eigenvalue weighted by Gasteiger charge is 2.37. The molecule has 0 radical (unpaired) electrons. The summed E-state index contributed by atoms with van der Waals surface area (Å²) in [7, 11) is 0. The molecule has 0 heterocycles. The van der Waals surface area contributed by atoms with Gasteiger partial charge >= 0.3 is 6.09 Å². The summed E-state index contributed by atoms with van der Waals surface area (Å²) in [5, 5.41) is 5.70. The van der Waals surface area contributed by atoms with Crippen LogP contribution in [0.2, 0.25) is 0 Å². The molecule has 0 saturated carbocycles. The molecule has 2 N–H and O–H groups in total. The van der Waals surface area contributed by atoms with Crippen molar-refractivity contribution < 1.29 is 19.1 Å². The number of hydrogen-bond acceptors (Lipinski definition) is 4. The lowest BCUT2D eigenvalue weighted by Crippen LogP contribution is -2.54. The highest BCUT2D eigenvalue weighted by Crippen LogP contribution is 2.25. The first-order chi connectivity index (χ1) is 17.5. The number of carbonyl (C=O) groups excluding carboxylic acids is 3. The van der Waals surface area contributed by atoms with Crippen molar-refractivity contribution >= 4 is 17.9 Å². The van der Waals surface area contributed by atoms with Gasteiger partial charge in [0.05, 0.1) is 0 Å². The number of carbonyl (C=O) groups is 3. The molecule has 0 bridgehead atoms. The number of benzene rings is 2. The molecule has 2 aromatic rings. The van der Waals surface area contributed by atoms with Crippen molar-refractivity contribution in [3.8, 4) is 0 Å². The third kappa shape index (κ3) is 9.08. The number of rotatable bonds is 11. The number of nitrogens with one attached hydrogen (secondary N) is 2. The van der Waals surface area contributed by atoms with E-state index in [1.54, 1.807) is 26.8 Å². The lowest BCUT2D eigenvalue weighted by Gasteiger charge is -2.35. The number of amides is 3. The lowest BCUT2D eigenvalue weighted by molar-refractivity contribution is -0.142. The molecule has 7 nitrogen and oxygen atoms in total. The maximum atomic E-state index is 13.9. The number of alkyl carbamates (subject to hydrolysis) is 1. The molecule has 0 spiro atoms. The van der Waals surface area contributed by atoms with Gasteiger partial charge in [-0.15, -0.1) is 6.58 Å². The van der Waals surface area contributed by atoms with Gasteiger partial charge in [0.1, 0.15) is 17.7 Å². The van der Waals surface area contributed by atoms with Gasteiger partial charge in [0.2, 0.25) is 11.8 Å². The zero-order valence-corrected chi connectivity index (χ0v) is 22.9. The van der Waals surface area contributed by atoms with Crippen molar-refractivity contribution in [3.05, 3.63) is 83.9 Å². The van der Waals surface area contributed by atoms with Crippen LogP contribution in [-0.2, 0) is 27.3 Å². The van der Waals surface area contributed by atoms with Crippen molar-refractivity contribution in [1.82, 2.24) is 15.5 Å². The van der Waals surface area contributed by atoms with Gasteiger partial charge in [-0.3, -0.25) is 9.59 Å². The molecule has 0 aliphatic carbocycles. The molecule has 2 rings (SSSR count). The van der Waals surface area contributed by atoms with Gasteiger partial charge in [-0.2, -0.15) is 0 Å². The molecule has 2 unspecified atom stereocenters. The summed E-state index contributed by atoms with van der Waals surface area (Å²) in [5.74, 6) is -0.953. The second-order valence-electron chi connectivity index (χ2n) is 10.3. The summed E-state index contributed by atoms with van der Waals surface area (Å²) < 4.78 is 5.39. The second-order valence-corrected chi connectivity index (χ2v) is 10.3. The van der Waals surface area contributed by atoms with Gasteiger partial charge in [0.25, 0.3) is 0 Å². The molecule has 2 aromatic carbocycles. The molecule has 0 aliphatic rings. The minimum absolute atomic E-state index is 0.122. The minimum Gasteiger partial charge on any atom is -0.444 e. The second kappa shape index (κ2) is 13.6. The molecule has 200 valence electrons. The van der Waals surface area contributed by atoms with Crippen LogP contribution in [0.25, 0.3) is 0 Å². The topological polar surface area (TPSA) is 87.7 Å². The van der Waals surface area contributed by atoms with Crippen LogP contribution in [0.1, 0.15) is 64.3 Å². The van der Waals surface area contributed by atoms with Gasteiger partial charge in [-0.25, -0.2) is 4.79 Å². The Morgan fingerprint density at radius 1 is 1.00 bits per heavy atom. The largest absolute Gasteiger partial charge is 0.444 e. The third-order valence-electron chi connectivity index (χ3n) is 5.79. The molecular formula is C30H41N3O4. The van der Waals surface area contributed by atoms with Crippen molar-refractivity contribution in [2.75, 3.05) is 6.54 Å². The van der Waals surface area contributed by atoms with E-state index in [1.807, 2.05) is 68.4 Å². The van der Waals surface area contributed by atoms with Crippen LogP contribution >= 0.6 is 0 Å². The zero-order chi connectivity index (χ0) is 27.6. The van der Waals surface area contributed by atoms with Crippen molar-refractivity contribution in [2.45, 2.75) is 72.2 Å². The Bertz CT molecular complexity index is 1040. The van der Waals surface area contributed by atoms with Crippen LogP contribution in [0.15, 0.2) is 67.3 Å². The summed E-state index contributed by atoms with van der Waals surface area (Å²) >= 11 is 0. The molecule has 0 saturated heterocycles. The number of aryl methyl sites for hydroxylation is 1. The standard InChI is InChI=1S/C30H41N3O4/c1-8-19-33(28(35)25(21(3)4)32-29(36)37-30(5,6)7)26(24-17-15-22(9-2)16-18-24)27(34)31-20-23-13-11-10-12-14-23/h8,10-18,21,25-26H,1,9,19-20H2,2-7H3,(H,31,34)(H,32,36). The van der Waals surface area contributed by atoms with E-state index in [4.69, 9.17) is 4.74 Å². The normalized spacial score (nSPS) is 12.8. The van der Waals surface area contributed by atoms with Gasteiger partial charge in [0, 0.05) is 13.1 Å². The first-order valence-electron chi connectivity index (χ1n) is 12.8. The molecule has 0 fully saturated rings. The lowest BCUT2D eigenvalue weighted by atomic mass is 9.98. The summed E-state index contributed by atoms with van der Waals surface area (Å²) in [5.41, 5.74) is 2.04. The quantitative estimate of drug-likeness (QED) is 0.411. The Morgan fingerprint density at radius 3 is 2.14 bits per heavy atom. The van der Waals surface area contributed by atoms with Crippen molar-refractivity contribution in [1.29, 1.82) is 0 Å². The smallest absolute Gasteiger partial charge is 0.408 e. The maximum Gasteiger partial charge on any atom is 0.408 e. The van der Waals surface area contributed by atoms with Crippen molar-refractivity contribution in [2.24, 2.45) is 5.92 Å². The van der Waals surface area contributed by atoms with Crippen LogP contribution in [0, 0.1) is 5.92 Å². The number of ether oxygens (including phenoxy) is 1. The van der Waals surface area contributed by atoms with Crippen LogP contribution in [-0.4, -0.2) is 41.0 Å². The fourth-order valence-corrected chi connectivity index (χ4v) is 3.88. The van der Waals surface area contributed by atoms with Gasteiger partial charge in [0.15, 0.2) is 0 Å². The fraction of sp³-hybridized carbons (Fsp3) is 0.433. The molecule has 3 amide bonds. The SMILES string of the molecule is C=CCN(C(=O)C(NC(=O)OC(C)(C)C)C(C)C)C(C(=O)NCc1ccccc1)c1ccc(CC)cc1. The first kappa shape index (κ1) is 29.6. The average molecular weight is 508 g/mol. The van der Waals surface area contributed by atoms with Gasteiger partial charge < -0.3 is 20.3 Å². The third-order valence-corrected chi connectivity index (χ3v) is 5.79. The Kier molecular flexibility index (Phi) is 10.9. The molecule has 0 aliphatic heterocycles. The van der Waals surface area contributed by atoms with Gasteiger partial charge in [-0.05, 0) is 49.8 Å². The predicted molar refractivity (Wildman–Crippen MR) is 147 cm³/mol. The minimum atomic E-state index is -0.915. The monoisotopic (exact) mass is 507 g/mol. The zero-order valence-electron chi connectivity index (χ0n) is 22.9. The maximum absolute atomic E-state index is 13.9. The van der Waals surface area contributed by atoms with E-state index >= 15 is 0 Å².